The van der Waals surface area contributed by atoms with Gasteiger partial charge in [0.25, 0.3) is 7.82 Å². The van der Waals surface area contributed by atoms with Gasteiger partial charge in [-0.1, -0.05) is 194 Å². The molecule has 0 heterocycles. The first-order chi connectivity index (χ1) is 22.9. The van der Waals surface area contributed by atoms with Crippen LogP contribution in [-0.4, -0.2) is 25.3 Å². The standard InChI is InChI=1S/C40H79O6P/c1-4-6-8-10-12-14-16-18-20-22-24-26-28-30-32-34-39(41)36-38(37-46-47(43,44)45-3)40(42)35-33-31-29-27-25-23-21-19-17-15-13-11-9-7-5-2/h38H,4-37H2,1-3H3,(H,43,44)/p-1. The van der Waals surface area contributed by atoms with E-state index in [1.54, 1.807) is 0 Å². The molecule has 0 aromatic carbocycles. The Kier molecular flexibility index (Phi) is 34.9. The summed E-state index contributed by atoms with van der Waals surface area (Å²) >= 11 is 0. The Bertz CT molecular complexity index is 742. The molecule has 0 aliphatic rings. The van der Waals surface area contributed by atoms with Gasteiger partial charge in [0, 0.05) is 32.3 Å². The van der Waals surface area contributed by atoms with Crippen molar-refractivity contribution >= 4 is 19.4 Å². The van der Waals surface area contributed by atoms with Crippen LogP contribution in [0.5, 0.6) is 0 Å². The van der Waals surface area contributed by atoms with Crippen LogP contribution >= 0.6 is 7.82 Å². The summed E-state index contributed by atoms with van der Waals surface area (Å²) in [7, 11) is -3.40. The monoisotopic (exact) mass is 686 g/mol. The fraction of sp³-hybridized carbons (Fsp3) is 0.950. The predicted octanol–water partition coefficient (Wildman–Crippen LogP) is 12.8. The third-order valence-corrected chi connectivity index (χ3v) is 10.6. The second-order valence-corrected chi connectivity index (χ2v) is 15.7. The molecule has 47 heavy (non-hydrogen) atoms. The number of Topliss-reactive ketones (excluding diaryl/α,β-unsaturated/α-hetero) is 2. The number of rotatable bonds is 39. The number of phosphoric ester groups is 1. The van der Waals surface area contributed by atoms with Crippen molar-refractivity contribution in [2.75, 3.05) is 13.7 Å². The molecule has 0 aliphatic carbocycles. The molecule has 0 aliphatic heterocycles. The van der Waals surface area contributed by atoms with Gasteiger partial charge in [0.1, 0.15) is 11.6 Å². The fourth-order valence-corrected chi connectivity index (χ4v) is 6.91. The molecule has 7 heteroatoms. The molecule has 0 aromatic heterocycles. The van der Waals surface area contributed by atoms with Gasteiger partial charge in [0.2, 0.25) is 0 Å². The smallest absolute Gasteiger partial charge is 0.267 e. The Hall–Kier alpha value is -0.550. The average molecular weight is 686 g/mol. The first-order valence-corrected chi connectivity index (χ1v) is 21.9. The summed E-state index contributed by atoms with van der Waals surface area (Å²) in [6.45, 7) is 4.22. The minimum Gasteiger partial charge on any atom is -0.756 e. The molecule has 0 radical (unpaired) electrons. The summed E-state index contributed by atoms with van der Waals surface area (Å²) in [5, 5.41) is 0. The third kappa shape index (κ3) is 33.7. The first kappa shape index (κ1) is 46.5. The summed E-state index contributed by atoms with van der Waals surface area (Å²) in [4.78, 5) is 37.4. The van der Waals surface area contributed by atoms with Crippen molar-refractivity contribution in [1.82, 2.24) is 0 Å². The Balaban J connectivity index is 4.01. The zero-order valence-electron chi connectivity index (χ0n) is 31.5. The van der Waals surface area contributed by atoms with Crippen LogP contribution in [-0.2, 0) is 23.2 Å². The van der Waals surface area contributed by atoms with Crippen molar-refractivity contribution in [3.05, 3.63) is 0 Å². The Morgan fingerprint density at radius 2 is 0.809 bits per heavy atom. The van der Waals surface area contributed by atoms with Crippen molar-refractivity contribution < 1.29 is 28.1 Å². The van der Waals surface area contributed by atoms with Gasteiger partial charge in [-0.15, -0.1) is 0 Å². The number of carbonyl (C=O) groups excluding carboxylic acids is 2. The van der Waals surface area contributed by atoms with E-state index in [-0.39, 0.29) is 24.6 Å². The van der Waals surface area contributed by atoms with Gasteiger partial charge in [0.05, 0.1) is 6.61 Å². The van der Waals surface area contributed by atoms with Crippen LogP contribution in [0.3, 0.4) is 0 Å². The van der Waals surface area contributed by atoms with Crippen LogP contribution in [0.15, 0.2) is 0 Å². The van der Waals surface area contributed by atoms with E-state index in [0.717, 1.165) is 45.6 Å². The molecular formula is C40H78O6P-. The number of phosphoric acid groups is 1. The van der Waals surface area contributed by atoms with Crippen LogP contribution in [0.1, 0.15) is 226 Å². The van der Waals surface area contributed by atoms with Crippen molar-refractivity contribution in [3.63, 3.8) is 0 Å². The minimum atomic E-state index is -4.44. The SMILES string of the molecule is CCCCCCCCCCCCCCCCCC(=O)CC(COP(=O)([O-])OC)C(=O)CCCCCCCCCCCCCCCCC. The summed E-state index contributed by atoms with van der Waals surface area (Å²) in [6, 6.07) is 0. The highest BCUT2D eigenvalue weighted by Gasteiger charge is 2.23. The number of unbranched alkanes of at least 4 members (excludes halogenated alkanes) is 28. The topological polar surface area (TPSA) is 92.7 Å². The lowest BCUT2D eigenvalue weighted by Gasteiger charge is -2.23. The van der Waals surface area contributed by atoms with E-state index in [2.05, 4.69) is 18.4 Å². The second kappa shape index (κ2) is 35.3. The van der Waals surface area contributed by atoms with Crippen molar-refractivity contribution in [2.45, 2.75) is 226 Å². The van der Waals surface area contributed by atoms with Crippen LogP contribution in [0.25, 0.3) is 0 Å². The maximum absolute atomic E-state index is 13.0. The molecule has 0 bridgehead atoms. The molecule has 0 rings (SSSR count). The minimum absolute atomic E-state index is 0.0243. The summed E-state index contributed by atoms with van der Waals surface area (Å²) in [5.41, 5.74) is 0. The van der Waals surface area contributed by atoms with Crippen LogP contribution in [0.2, 0.25) is 0 Å². The summed E-state index contributed by atoms with van der Waals surface area (Å²) in [6.07, 6.45) is 38.9. The third-order valence-electron chi connectivity index (χ3n) is 9.67. The molecule has 0 spiro atoms. The van der Waals surface area contributed by atoms with E-state index < -0.39 is 13.7 Å². The van der Waals surface area contributed by atoms with E-state index in [9.17, 15) is 19.0 Å². The lowest BCUT2D eigenvalue weighted by Crippen LogP contribution is -2.24. The Labute approximate surface area is 292 Å². The number of carbonyl (C=O) groups is 2. The molecule has 0 aromatic rings. The predicted molar refractivity (Wildman–Crippen MR) is 198 cm³/mol. The summed E-state index contributed by atoms with van der Waals surface area (Å²) in [5.74, 6) is -0.764. The van der Waals surface area contributed by atoms with E-state index in [1.807, 2.05) is 0 Å². The van der Waals surface area contributed by atoms with E-state index >= 15 is 0 Å². The van der Waals surface area contributed by atoms with Gasteiger partial charge >= 0.3 is 0 Å². The largest absolute Gasteiger partial charge is 0.756 e. The molecule has 0 fully saturated rings. The molecule has 280 valence electrons. The number of ketones is 2. The molecule has 6 nitrogen and oxygen atoms in total. The van der Waals surface area contributed by atoms with Gasteiger partial charge in [-0.3, -0.25) is 14.2 Å². The molecule has 0 N–H and O–H groups in total. The highest BCUT2D eigenvalue weighted by atomic mass is 31.2. The van der Waals surface area contributed by atoms with Gasteiger partial charge < -0.3 is 13.9 Å². The highest BCUT2D eigenvalue weighted by Crippen LogP contribution is 2.37. The second-order valence-electron chi connectivity index (χ2n) is 14.2. The van der Waals surface area contributed by atoms with Crippen LogP contribution in [0.4, 0.5) is 0 Å². The normalized spacial score (nSPS) is 13.5. The molecule has 0 amide bonds. The van der Waals surface area contributed by atoms with E-state index in [1.165, 1.54) is 154 Å². The highest BCUT2D eigenvalue weighted by molar-refractivity contribution is 7.45. The zero-order chi connectivity index (χ0) is 34.7. The fourth-order valence-electron chi connectivity index (χ4n) is 6.44. The van der Waals surface area contributed by atoms with E-state index in [0.29, 0.717) is 12.8 Å². The first-order valence-electron chi connectivity index (χ1n) is 20.4. The molecular weight excluding hydrogens is 607 g/mol. The van der Waals surface area contributed by atoms with Crippen LogP contribution < -0.4 is 4.89 Å². The van der Waals surface area contributed by atoms with Crippen molar-refractivity contribution in [2.24, 2.45) is 5.92 Å². The maximum Gasteiger partial charge on any atom is 0.267 e. The molecule has 2 unspecified atom stereocenters. The number of hydrogen-bond acceptors (Lipinski definition) is 6. The van der Waals surface area contributed by atoms with Crippen molar-refractivity contribution in [1.29, 1.82) is 0 Å². The lowest BCUT2D eigenvalue weighted by molar-refractivity contribution is -0.223. The maximum atomic E-state index is 13.0. The Morgan fingerprint density at radius 1 is 0.511 bits per heavy atom. The van der Waals surface area contributed by atoms with Gasteiger partial charge in [0.15, 0.2) is 0 Å². The number of hydrogen-bond donors (Lipinski definition) is 0. The van der Waals surface area contributed by atoms with Gasteiger partial charge in [-0.2, -0.15) is 0 Å². The quantitative estimate of drug-likeness (QED) is 0.0472. The molecule has 0 saturated carbocycles. The van der Waals surface area contributed by atoms with E-state index in [4.69, 9.17) is 4.52 Å². The summed E-state index contributed by atoms with van der Waals surface area (Å²) < 4.78 is 21.1. The molecule has 0 saturated heterocycles. The molecule has 2 atom stereocenters. The van der Waals surface area contributed by atoms with Gasteiger partial charge in [-0.05, 0) is 12.8 Å². The van der Waals surface area contributed by atoms with Crippen molar-refractivity contribution in [3.8, 4) is 0 Å². The van der Waals surface area contributed by atoms with Crippen LogP contribution in [0, 0.1) is 5.92 Å². The Morgan fingerprint density at radius 3 is 1.13 bits per heavy atom. The lowest BCUT2D eigenvalue weighted by atomic mass is 9.92. The average Bonchev–Trinajstić information content (AvgIpc) is 3.06. The zero-order valence-corrected chi connectivity index (χ0v) is 32.4. The van der Waals surface area contributed by atoms with Gasteiger partial charge in [-0.25, -0.2) is 0 Å².